The Bertz CT molecular complexity index is 1400. The summed E-state index contributed by atoms with van der Waals surface area (Å²) < 4.78 is 19.8. The predicted molar refractivity (Wildman–Crippen MR) is 124 cm³/mol. The Balaban J connectivity index is 1.75. The van der Waals surface area contributed by atoms with Crippen LogP contribution in [0.2, 0.25) is 10.0 Å². The predicted octanol–water partition coefficient (Wildman–Crippen LogP) is 5.38. The Labute approximate surface area is 198 Å². The van der Waals surface area contributed by atoms with Crippen molar-refractivity contribution >= 4 is 40.0 Å². The summed E-state index contributed by atoms with van der Waals surface area (Å²) in [6, 6.07) is 9.00. The normalized spacial score (nSPS) is 11.2. The monoisotopic (exact) mass is 488 g/mol. The number of benzene rings is 2. The summed E-state index contributed by atoms with van der Waals surface area (Å²) in [5, 5.41) is 4.85. The average molecular weight is 489 g/mol. The van der Waals surface area contributed by atoms with Crippen LogP contribution in [-0.2, 0) is 6.54 Å². The highest BCUT2D eigenvalue weighted by atomic mass is 35.5. The topological polar surface area (TPSA) is 92.1 Å². The summed E-state index contributed by atoms with van der Waals surface area (Å²) >= 11 is 12.2. The zero-order valence-electron chi connectivity index (χ0n) is 17.8. The third-order valence-corrected chi connectivity index (χ3v) is 5.67. The maximum Gasteiger partial charge on any atom is 0.260 e. The lowest BCUT2D eigenvalue weighted by Crippen LogP contribution is -2.33. The second-order valence-corrected chi connectivity index (χ2v) is 8.30. The SMILES string of the molecule is CCCN(Cc1nc2cc(Cl)ccc2c(=O)[nH]1)C(=O)c1c(-c2c(F)cccc2Cl)noc1C. The standard InChI is InChI=1S/C23H19Cl2FN4O3/c1-3-9-30(11-18-27-17-10-13(24)7-8-14(17)22(31)28-18)23(32)19-12(2)33-29-21(19)20-15(25)5-4-6-16(20)26/h4-8,10H,3,9,11H2,1-2H3,(H,27,28,31). The Morgan fingerprint density at radius 1 is 1.24 bits per heavy atom. The number of fused-ring (bicyclic) bond motifs is 1. The minimum Gasteiger partial charge on any atom is -0.360 e. The lowest BCUT2D eigenvalue weighted by atomic mass is 10.0. The van der Waals surface area contributed by atoms with Crippen LogP contribution in [0.4, 0.5) is 4.39 Å². The number of aryl methyl sites for hydroxylation is 1. The number of halogens is 3. The largest absolute Gasteiger partial charge is 0.360 e. The maximum atomic E-state index is 14.6. The van der Waals surface area contributed by atoms with Crippen molar-refractivity contribution in [1.82, 2.24) is 20.0 Å². The van der Waals surface area contributed by atoms with Gasteiger partial charge < -0.3 is 14.4 Å². The molecule has 2 aromatic carbocycles. The third-order valence-electron chi connectivity index (χ3n) is 5.12. The van der Waals surface area contributed by atoms with E-state index in [0.29, 0.717) is 28.9 Å². The van der Waals surface area contributed by atoms with Crippen LogP contribution in [0.25, 0.3) is 22.2 Å². The van der Waals surface area contributed by atoms with E-state index in [9.17, 15) is 14.0 Å². The van der Waals surface area contributed by atoms with Gasteiger partial charge in [-0.1, -0.05) is 41.3 Å². The van der Waals surface area contributed by atoms with Crippen molar-refractivity contribution < 1.29 is 13.7 Å². The number of hydrogen-bond acceptors (Lipinski definition) is 5. The van der Waals surface area contributed by atoms with Gasteiger partial charge in [-0.2, -0.15) is 0 Å². The van der Waals surface area contributed by atoms with Crippen molar-refractivity contribution in [3.63, 3.8) is 0 Å². The van der Waals surface area contributed by atoms with Gasteiger partial charge in [0, 0.05) is 11.6 Å². The van der Waals surface area contributed by atoms with Crippen LogP contribution in [-0.4, -0.2) is 32.5 Å². The molecule has 0 aliphatic carbocycles. The van der Waals surface area contributed by atoms with Crippen molar-refractivity contribution in [1.29, 1.82) is 0 Å². The van der Waals surface area contributed by atoms with Crippen LogP contribution in [0, 0.1) is 12.7 Å². The molecule has 7 nitrogen and oxygen atoms in total. The molecule has 0 aliphatic rings. The Morgan fingerprint density at radius 3 is 2.76 bits per heavy atom. The number of amides is 1. The van der Waals surface area contributed by atoms with E-state index in [-0.39, 0.29) is 45.5 Å². The highest BCUT2D eigenvalue weighted by Crippen LogP contribution is 2.34. The summed E-state index contributed by atoms with van der Waals surface area (Å²) in [4.78, 5) is 34.7. The molecule has 0 aliphatic heterocycles. The number of nitrogens with one attached hydrogen (secondary N) is 1. The molecule has 2 aromatic heterocycles. The fraction of sp³-hybridized carbons (Fsp3) is 0.217. The number of carbonyl (C=O) groups excluding carboxylic acids is 1. The van der Waals surface area contributed by atoms with Crippen LogP contribution in [0.3, 0.4) is 0 Å². The number of aromatic amines is 1. The molecule has 0 saturated heterocycles. The highest BCUT2D eigenvalue weighted by Gasteiger charge is 2.29. The van der Waals surface area contributed by atoms with E-state index >= 15 is 0 Å². The number of carbonyl (C=O) groups is 1. The molecule has 0 unspecified atom stereocenters. The second-order valence-electron chi connectivity index (χ2n) is 7.46. The van der Waals surface area contributed by atoms with E-state index in [1.807, 2.05) is 6.92 Å². The number of aromatic nitrogens is 3. The molecule has 0 spiro atoms. The molecule has 0 atom stereocenters. The van der Waals surface area contributed by atoms with Gasteiger partial charge in [-0.25, -0.2) is 9.37 Å². The van der Waals surface area contributed by atoms with Gasteiger partial charge in [-0.15, -0.1) is 0 Å². The van der Waals surface area contributed by atoms with Crippen molar-refractivity contribution in [3.8, 4) is 11.3 Å². The fourth-order valence-corrected chi connectivity index (χ4v) is 4.03. The van der Waals surface area contributed by atoms with E-state index in [1.54, 1.807) is 25.1 Å². The van der Waals surface area contributed by atoms with E-state index in [4.69, 9.17) is 27.7 Å². The van der Waals surface area contributed by atoms with E-state index in [0.717, 1.165) is 0 Å². The summed E-state index contributed by atoms with van der Waals surface area (Å²) in [7, 11) is 0. The van der Waals surface area contributed by atoms with Gasteiger partial charge in [0.05, 0.1) is 28.0 Å². The maximum absolute atomic E-state index is 14.6. The van der Waals surface area contributed by atoms with Crippen LogP contribution in [0.5, 0.6) is 0 Å². The van der Waals surface area contributed by atoms with Gasteiger partial charge in [0.2, 0.25) is 0 Å². The zero-order chi connectivity index (χ0) is 23.7. The van der Waals surface area contributed by atoms with Gasteiger partial charge in [-0.05, 0) is 43.7 Å². The van der Waals surface area contributed by atoms with Gasteiger partial charge in [0.25, 0.3) is 11.5 Å². The van der Waals surface area contributed by atoms with E-state index < -0.39 is 11.7 Å². The molecular formula is C23H19Cl2FN4O3. The van der Waals surface area contributed by atoms with Crippen LogP contribution < -0.4 is 5.56 Å². The highest BCUT2D eigenvalue weighted by molar-refractivity contribution is 6.33. The lowest BCUT2D eigenvalue weighted by molar-refractivity contribution is 0.0737. The van der Waals surface area contributed by atoms with Crippen molar-refractivity contribution in [2.75, 3.05) is 6.54 Å². The molecule has 33 heavy (non-hydrogen) atoms. The van der Waals surface area contributed by atoms with Gasteiger partial charge >= 0.3 is 0 Å². The minimum absolute atomic E-state index is 0.0114. The first-order chi connectivity index (χ1) is 15.8. The van der Waals surface area contributed by atoms with Crippen LogP contribution in [0.1, 0.15) is 35.3 Å². The number of H-pyrrole nitrogens is 1. The fourth-order valence-electron chi connectivity index (χ4n) is 3.62. The molecule has 1 N–H and O–H groups in total. The Morgan fingerprint density at radius 2 is 2.03 bits per heavy atom. The smallest absolute Gasteiger partial charge is 0.260 e. The zero-order valence-corrected chi connectivity index (χ0v) is 19.3. The first-order valence-corrected chi connectivity index (χ1v) is 10.9. The van der Waals surface area contributed by atoms with E-state index in [2.05, 4.69) is 15.1 Å². The summed E-state index contributed by atoms with van der Waals surface area (Å²) in [5.74, 6) is -0.554. The molecule has 4 rings (SSSR count). The molecule has 0 bridgehead atoms. The first-order valence-electron chi connectivity index (χ1n) is 10.2. The van der Waals surface area contributed by atoms with Crippen LogP contribution >= 0.6 is 23.2 Å². The molecule has 4 aromatic rings. The molecule has 170 valence electrons. The van der Waals surface area contributed by atoms with Crippen molar-refractivity contribution in [2.45, 2.75) is 26.8 Å². The summed E-state index contributed by atoms with van der Waals surface area (Å²) in [5.41, 5.74) is 0.193. The average Bonchev–Trinajstić information content (AvgIpc) is 3.13. The Kier molecular flexibility index (Phi) is 6.49. The Hall–Kier alpha value is -3.23. The molecule has 10 heteroatoms. The summed E-state index contributed by atoms with van der Waals surface area (Å²) in [6.45, 7) is 3.84. The lowest BCUT2D eigenvalue weighted by Gasteiger charge is -2.22. The third kappa shape index (κ3) is 4.49. The molecule has 0 saturated carbocycles. The molecule has 0 fully saturated rings. The second kappa shape index (κ2) is 9.33. The molecule has 1 amide bonds. The number of nitrogens with zero attached hydrogens (tertiary/aromatic N) is 3. The number of hydrogen-bond donors (Lipinski definition) is 1. The van der Waals surface area contributed by atoms with Crippen LogP contribution in [0.15, 0.2) is 45.7 Å². The molecule has 0 radical (unpaired) electrons. The minimum atomic E-state index is -0.621. The van der Waals surface area contributed by atoms with Gasteiger partial charge in [-0.3, -0.25) is 9.59 Å². The number of rotatable bonds is 6. The van der Waals surface area contributed by atoms with Crippen molar-refractivity contribution in [2.24, 2.45) is 0 Å². The van der Waals surface area contributed by atoms with Gasteiger partial charge in [0.1, 0.15) is 28.7 Å². The van der Waals surface area contributed by atoms with E-state index in [1.165, 1.54) is 23.1 Å². The first kappa shape index (κ1) is 22.9. The quantitative estimate of drug-likeness (QED) is 0.393. The van der Waals surface area contributed by atoms with Gasteiger partial charge in [0.15, 0.2) is 0 Å². The molecular weight excluding hydrogens is 470 g/mol. The molecule has 2 heterocycles. The van der Waals surface area contributed by atoms with Crippen molar-refractivity contribution in [3.05, 3.63) is 79.8 Å². The summed E-state index contributed by atoms with van der Waals surface area (Å²) in [6.07, 6.45) is 0.634.